The van der Waals surface area contributed by atoms with Crippen LogP contribution < -0.4 is 29.9 Å². The van der Waals surface area contributed by atoms with Crippen molar-refractivity contribution in [1.29, 1.82) is 0 Å². The number of aryl methyl sites for hydroxylation is 2. The summed E-state index contributed by atoms with van der Waals surface area (Å²) in [5, 5.41) is 7.12. The van der Waals surface area contributed by atoms with Gasteiger partial charge in [-0.15, -0.1) is 0 Å². The Morgan fingerprint density at radius 2 is 2.02 bits per heavy atom. The maximum Gasteiger partial charge on any atom is 0.153 e. The Kier molecular flexibility index (Phi) is 9.95. The zero-order valence-electron chi connectivity index (χ0n) is 27.1. The number of allylic oxidation sites excluding steroid dienone is 1. The number of ether oxygens (including phenoxy) is 2. The molecule has 1 saturated heterocycles. The summed E-state index contributed by atoms with van der Waals surface area (Å²) in [7, 11) is 2.03. The molecular weight excluding hydrogens is 546 g/mol. The number of nitrogens with zero attached hydrogens (tertiary/aromatic N) is 3. The van der Waals surface area contributed by atoms with E-state index >= 15 is 0 Å². The predicted molar refractivity (Wildman–Crippen MR) is 185 cm³/mol. The molecule has 0 bridgehead atoms. The molecule has 232 valence electrons. The van der Waals surface area contributed by atoms with E-state index in [4.69, 9.17) is 14.5 Å². The van der Waals surface area contributed by atoms with Crippen molar-refractivity contribution in [3.8, 4) is 17.2 Å². The Labute approximate surface area is 263 Å². The Balaban J connectivity index is 1.44. The Bertz CT molecular complexity index is 1550. The number of nitrogens with one attached hydrogen (secondary N) is 2. The Morgan fingerprint density at radius 3 is 2.77 bits per heavy atom. The summed E-state index contributed by atoms with van der Waals surface area (Å²) in [5.74, 6) is 3.72. The zero-order valence-corrected chi connectivity index (χ0v) is 27.1. The molecule has 2 aliphatic heterocycles. The number of rotatable bonds is 10. The number of piperazine rings is 1. The highest BCUT2D eigenvalue weighted by atomic mass is 16.5. The summed E-state index contributed by atoms with van der Waals surface area (Å²) in [6, 6.07) is 17.2. The highest BCUT2D eigenvalue weighted by Gasteiger charge is 2.32. The summed E-state index contributed by atoms with van der Waals surface area (Å²) in [4.78, 5) is 9.44. The van der Waals surface area contributed by atoms with Crippen LogP contribution in [0.15, 0.2) is 78.6 Å². The van der Waals surface area contributed by atoms with Crippen molar-refractivity contribution >= 4 is 22.9 Å². The normalized spacial score (nSPS) is 17.0. The van der Waals surface area contributed by atoms with Crippen molar-refractivity contribution in [3.63, 3.8) is 0 Å². The van der Waals surface area contributed by atoms with Gasteiger partial charge in [0.15, 0.2) is 5.75 Å². The third-order valence-electron chi connectivity index (χ3n) is 8.67. The number of hydrogen-bond donors (Lipinski definition) is 2. The van der Waals surface area contributed by atoms with Crippen LogP contribution in [0.1, 0.15) is 61.8 Å². The standard InChI is InChI=1S/C37H47N5O2/c1-8-11-18-39-37(35-26(5)12-15-33-36(35)43-24-29-23-38-19-20-42(29)33)40-28-13-17-34(27(6)21-28)44-30-14-16-32(41(7)10-3)31(22-30)25(4)9-2/h10-18,21-22,25,29,38H,3,8-9,19-20,23-24H2,1-2,4-7H3,(H,39,40)/b18-11+. The van der Waals surface area contributed by atoms with Gasteiger partial charge in [0.25, 0.3) is 0 Å². The first-order valence-electron chi connectivity index (χ1n) is 15.9. The van der Waals surface area contributed by atoms with Gasteiger partial charge in [-0.05, 0) is 98.0 Å². The van der Waals surface area contributed by atoms with Crippen LogP contribution in [0.5, 0.6) is 17.2 Å². The van der Waals surface area contributed by atoms with Crippen molar-refractivity contribution in [1.82, 2.24) is 5.32 Å². The van der Waals surface area contributed by atoms with Crippen LogP contribution in [0.25, 0.3) is 0 Å². The van der Waals surface area contributed by atoms with Crippen LogP contribution in [0.3, 0.4) is 0 Å². The maximum atomic E-state index is 6.45. The first-order chi connectivity index (χ1) is 21.3. The third-order valence-corrected chi connectivity index (χ3v) is 8.67. The van der Waals surface area contributed by atoms with Gasteiger partial charge < -0.3 is 29.9 Å². The summed E-state index contributed by atoms with van der Waals surface area (Å²) in [6.45, 7) is 18.2. The van der Waals surface area contributed by atoms with E-state index < -0.39 is 0 Å². The van der Waals surface area contributed by atoms with Gasteiger partial charge in [-0.2, -0.15) is 0 Å². The number of aliphatic imine (C=N–C) groups is 1. The lowest BCUT2D eigenvalue weighted by atomic mass is 9.96. The second-order valence-corrected chi connectivity index (χ2v) is 11.8. The number of anilines is 3. The predicted octanol–water partition coefficient (Wildman–Crippen LogP) is 8.14. The Morgan fingerprint density at radius 1 is 1.18 bits per heavy atom. The molecule has 2 unspecified atom stereocenters. The van der Waals surface area contributed by atoms with Gasteiger partial charge in [0, 0.05) is 44.3 Å². The van der Waals surface area contributed by atoms with E-state index in [1.165, 1.54) is 5.56 Å². The largest absolute Gasteiger partial charge is 0.488 e. The average Bonchev–Trinajstić information content (AvgIpc) is 3.04. The molecule has 1 fully saturated rings. The molecule has 7 nitrogen and oxygen atoms in total. The van der Waals surface area contributed by atoms with Crippen LogP contribution in [0, 0.1) is 13.8 Å². The van der Waals surface area contributed by atoms with Crippen LogP contribution in [-0.2, 0) is 0 Å². The fraction of sp³-hybridized carbons (Fsp3) is 0.378. The molecule has 2 aliphatic rings. The molecule has 0 spiro atoms. The minimum atomic E-state index is 0.343. The topological polar surface area (TPSA) is 61.4 Å². The maximum absolute atomic E-state index is 6.45. The summed E-state index contributed by atoms with van der Waals surface area (Å²) < 4.78 is 12.9. The van der Waals surface area contributed by atoms with Crippen molar-refractivity contribution in [2.24, 2.45) is 4.99 Å². The molecule has 2 N–H and O–H groups in total. The quantitative estimate of drug-likeness (QED) is 0.183. The third kappa shape index (κ3) is 6.63. The molecule has 7 heteroatoms. The minimum Gasteiger partial charge on any atom is -0.488 e. The monoisotopic (exact) mass is 593 g/mol. The van der Waals surface area contributed by atoms with Gasteiger partial charge in [-0.1, -0.05) is 39.5 Å². The van der Waals surface area contributed by atoms with Gasteiger partial charge in [0.2, 0.25) is 0 Å². The van der Waals surface area contributed by atoms with Gasteiger partial charge >= 0.3 is 0 Å². The second-order valence-electron chi connectivity index (χ2n) is 11.8. The number of hydrogen-bond acceptors (Lipinski definition) is 6. The lowest BCUT2D eigenvalue weighted by Gasteiger charge is -2.42. The average molecular weight is 594 g/mol. The molecule has 0 aliphatic carbocycles. The number of benzene rings is 3. The molecule has 0 aromatic heterocycles. The summed E-state index contributed by atoms with van der Waals surface area (Å²) in [5.41, 5.74) is 7.63. The van der Waals surface area contributed by atoms with Gasteiger partial charge in [0.05, 0.1) is 17.3 Å². The molecule has 44 heavy (non-hydrogen) atoms. The number of fused-ring (bicyclic) bond motifs is 3. The lowest BCUT2D eigenvalue weighted by molar-refractivity contribution is 0.246. The molecule has 0 amide bonds. The zero-order chi connectivity index (χ0) is 31.2. The van der Waals surface area contributed by atoms with E-state index in [1.54, 1.807) is 0 Å². The molecule has 3 aromatic carbocycles. The molecule has 0 radical (unpaired) electrons. The molecule has 0 saturated carbocycles. The number of amidine groups is 1. The van der Waals surface area contributed by atoms with Gasteiger partial charge in [-0.25, -0.2) is 4.99 Å². The molecule has 3 aromatic rings. The van der Waals surface area contributed by atoms with Crippen molar-refractivity contribution in [3.05, 3.63) is 95.8 Å². The molecule has 2 heterocycles. The first-order valence-corrected chi connectivity index (χ1v) is 15.9. The minimum absolute atomic E-state index is 0.343. The smallest absolute Gasteiger partial charge is 0.153 e. The van der Waals surface area contributed by atoms with Crippen LogP contribution >= 0.6 is 0 Å². The summed E-state index contributed by atoms with van der Waals surface area (Å²) >= 11 is 0. The first kappa shape index (κ1) is 31.2. The molecular formula is C37H47N5O2. The van der Waals surface area contributed by atoms with Crippen molar-refractivity contribution < 1.29 is 9.47 Å². The van der Waals surface area contributed by atoms with Crippen LogP contribution in [-0.4, -0.2) is 45.2 Å². The lowest BCUT2D eigenvalue weighted by Crippen LogP contribution is -2.56. The highest BCUT2D eigenvalue weighted by molar-refractivity contribution is 6.12. The van der Waals surface area contributed by atoms with E-state index in [9.17, 15) is 0 Å². The van der Waals surface area contributed by atoms with Crippen LogP contribution in [0.4, 0.5) is 17.1 Å². The Hall–Kier alpha value is -4.23. The fourth-order valence-corrected chi connectivity index (χ4v) is 5.87. The van der Waals surface area contributed by atoms with E-state index in [1.807, 2.05) is 31.6 Å². The second kappa shape index (κ2) is 14.0. The van der Waals surface area contributed by atoms with Crippen molar-refractivity contribution in [2.45, 2.75) is 59.4 Å². The van der Waals surface area contributed by atoms with E-state index in [0.29, 0.717) is 18.6 Å². The highest BCUT2D eigenvalue weighted by Crippen LogP contribution is 2.40. The van der Waals surface area contributed by atoms with Crippen LogP contribution in [0.2, 0.25) is 0 Å². The van der Waals surface area contributed by atoms with Crippen molar-refractivity contribution in [2.75, 3.05) is 48.4 Å². The molecule has 5 rings (SSSR count). The van der Waals surface area contributed by atoms with Gasteiger partial charge in [-0.3, -0.25) is 0 Å². The summed E-state index contributed by atoms with van der Waals surface area (Å²) in [6.07, 6.45) is 7.74. The fourth-order valence-electron chi connectivity index (χ4n) is 5.87. The van der Waals surface area contributed by atoms with E-state index in [2.05, 4.69) is 104 Å². The van der Waals surface area contributed by atoms with E-state index in [0.717, 1.165) is 89.3 Å². The van der Waals surface area contributed by atoms with Gasteiger partial charge in [0.1, 0.15) is 23.9 Å². The SMILES string of the molecule is C=CN(C)c1ccc(Oc2ccc(NC(=N/C=C/CC)c3c(C)ccc4c3OCC3CNCCN43)cc2C)cc1C(C)CC. The van der Waals surface area contributed by atoms with E-state index in [-0.39, 0.29) is 0 Å². The molecule has 2 atom stereocenters.